The lowest BCUT2D eigenvalue weighted by Gasteiger charge is -2.04. The van der Waals surface area contributed by atoms with Crippen molar-refractivity contribution in [2.45, 2.75) is 13.3 Å². The molecule has 0 atom stereocenters. The molecule has 1 N–H and O–H groups in total. The molecule has 0 saturated heterocycles. The molecule has 1 aromatic heterocycles. The Morgan fingerprint density at radius 2 is 2.19 bits per heavy atom. The van der Waals surface area contributed by atoms with Crippen LogP contribution in [0.4, 0.5) is 0 Å². The summed E-state index contributed by atoms with van der Waals surface area (Å²) in [7, 11) is 0. The molecule has 2 aromatic rings. The van der Waals surface area contributed by atoms with E-state index in [4.69, 9.17) is 5.11 Å². The second-order valence-corrected chi connectivity index (χ2v) is 4.22. The Hall–Kier alpha value is -1.49. The Morgan fingerprint density at radius 3 is 2.81 bits per heavy atom. The van der Waals surface area contributed by atoms with Gasteiger partial charge in [-0.3, -0.25) is 0 Å². The number of halogens is 1. The molecule has 0 saturated carbocycles. The summed E-state index contributed by atoms with van der Waals surface area (Å²) in [6, 6.07) is 5.29. The first-order valence-electron chi connectivity index (χ1n) is 4.81. The van der Waals surface area contributed by atoms with Gasteiger partial charge in [0.25, 0.3) is 0 Å². The third-order valence-corrected chi connectivity index (χ3v) is 2.72. The molecule has 16 heavy (non-hydrogen) atoms. The Morgan fingerprint density at radius 1 is 1.44 bits per heavy atom. The maximum absolute atomic E-state index is 11.1. The van der Waals surface area contributed by atoms with Gasteiger partial charge >= 0.3 is 5.97 Å². The van der Waals surface area contributed by atoms with Gasteiger partial charge in [-0.05, 0) is 18.2 Å². The van der Waals surface area contributed by atoms with Crippen LogP contribution < -0.4 is 0 Å². The molecule has 4 nitrogen and oxygen atoms in total. The molecule has 0 spiro atoms. The molecule has 82 valence electrons. The van der Waals surface area contributed by atoms with E-state index in [-0.39, 0.29) is 5.69 Å². The van der Waals surface area contributed by atoms with E-state index in [1.165, 1.54) is 0 Å². The quantitative estimate of drug-likeness (QED) is 0.919. The van der Waals surface area contributed by atoms with Crippen molar-refractivity contribution in [3.05, 3.63) is 34.2 Å². The van der Waals surface area contributed by atoms with Crippen LogP contribution in [0.1, 0.15) is 23.2 Å². The summed E-state index contributed by atoms with van der Waals surface area (Å²) in [6.45, 7) is 1.89. The van der Waals surface area contributed by atoms with Crippen LogP contribution >= 0.6 is 15.9 Å². The van der Waals surface area contributed by atoms with Crippen LogP contribution in [0.3, 0.4) is 0 Å². The van der Waals surface area contributed by atoms with Gasteiger partial charge in [0.05, 0.1) is 5.52 Å². The van der Waals surface area contributed by atoms with E-state index in [1.807, 2.05) is 6.92 Å². The largest absolute Gasteiger partial charge is 0.476 e. The minimum Gasteiger partial charge on any atom is -0.476 e. The topological polar surface area (TPSA) is 63.1 Å². The van der Waals surface area contributed by atoms with Crippen molar-refractivity contribution in [1.29, 1.82) is 0 Å². The third kappa shape index (κ3) is 1.90. The summed E-state index contributed by atoms with van der Waals surface area (Å²) >= 11 is 3.33. The Labute approximate surface area is 100 Å². The van der Waals surface area contributed by atoms with Gasteiger partial charge in [-0.25, -0.2) is 14.8 Å². The monoisotopic (exact) mass is 280 g/mol. The van der Waals surface area contributed by atoms with Crippen molar-refractivity contribution in [3.63, 3.8) is 0 Å². The predicted octanol–water partition coefficient (Wildman–Crippen LogP) is 2.65. The Kier molecular flexibility index (Phi) is 2.87. The highest BCUT2D eigenvalue weighted by atomic mass is 79.9. The minimum absolute atomic E-state index is 0.0642. The average Bonchev–Trinajstić information content (AvgIpc) is 2.26. The first-order valence-corrected chi connectivity index (χ1v) is 5.60. The van der Waals surface area contributed by atoms with E-state index in [2.05, 4.69) is 25.9 Å². The molecular weight excluding hydrogens is 272 g/mol. The number of carbonyl (C=O) groups is 1. The standard InChI is InChI=1S/C11H9BrN2O2/c1-2-9-13-8-5-6(12)3-4-7(8)10(14-9)11(15)16/h3-5H,2H2,1H3,(H,15,16). The van der Waals surface area contributed by atoms with Gasteiger partial charge in [0, 0.05) is 16.3 Å². The highest BCUT2D eigenvalue weighted by Crippen LogP contribution is 2.20. The number of aromatic nitrogens is 2. The second-order valence-electron chi connectivity index (χ2n) is 3.31. The van der Waals surface area contributed by atoms with E-state index in [0.29, 0.717) is 23.1 Å². The van der Waals surface area contributed by atoms with Crippen molar-refractivity contribution in [1.82, 2.24) is 9.97 Å². The number of hydrogen-bond acceptors (Lipinski definition) is 3. The molecule has 0 radical (unpaired) electrons. The fraction of sp³-hybridized carbons (Fsp3) is 0.182. The number of benzene rings is 1. The first-order chi connectivity index (χ1) is 7.61. The van der Waals surface area contributed by atoms with Gasteiger partial charge in [0.15, 0.2) is 5.69 Å². The molecule has 0 bridgehead atoms. The number of nitrogens with zero attached hydrogens (tertiary/aromatic N) is 2. The van der Waals surface area contributed by atoms with Crippen LogP contribution in [-0.4, -0.2) is 21.0 Å². The summed E-state index contributed by atoms with van der Waals surface area (Å²) in [4.78, 5) is 19.4. The van der Waals surface area contributed by atoms with Crippen LogP contribution in [0.25, 0.3) is 10.9 Å². The number of aromatic carboxylic acids is 1. The number of rotatable bonds is 2. The van der Waals surface area contributed by atoms with Gasteiger partial charge in [-0.15, -0.1) is 0 Å². The predicted molar refractivity (Wildman–Crippen MR) is 63.6 cm³/mol. The molecule has 0 unspecified atom stereocenters. The van der Waals surface area contributed by atoms with Gasteiger partial charge in [0.1, 0.15) is 5.82 Å². The molecule has 5 heteroatoms. The highest BCUT2D eigenvalue weighted by Gasteiger charge is 2.13. The number of hydrogen-bond donors (Lipinski definition) is 1. The van der Waals surface area contributed by atoms with Gasteiger partial charge in [-0.2, -0.15) is 0 Å². The van der Waals surface area contributed by atoms with Crippen molar-refractivity contribution in [2.75, 3.05) is 0 Å². The van der Waals surface area contributed by atoms with Crippen LogP contribution in [0.5, 0.6) is 0 Å². The summed E-state index contributed by atoms with van der Waals surface area (Å²) in [5, 5.41) is 9.63. The zero-order valence-electron chi connectivity index (χ0n) is 8.57. The highest BCUT2D eigenvalue weighted by molar-refractivity contribution is 9.10. The van der Waals surface area contributed by atoms with E-state index >= 15 is 0 Å². The fourth-order valence-electron chi connectivity index (χ4n) is 1.47. The molecule has 2 rings (SSSR count). The van der Waals surface area contributed by atoms with Gasteiger partial charge in [0.2, 0.25) is 0 Å². The van der Waals surface area contributed by atoms with Crippen molar-refractivity contribution >= 4 is 32.8 Å². The lowest BCUT2D eigenvalue weighted by atomic mass is 10.2. The summed E-state index contributed by atoms with van der Waals surface area (Å²) in [5.74, 6) is -0.479. The fourth-order valence-corrected chi connectivity index (χ4v) is 1.82. The molecule has 1 heterocycles. The SMILES string of the molecule is CCc1nc(C(=O)O)c2ccc(Br)cc2n1. The number of carboxylic acid groups (broad SMARTS) is 1. The normalized spacial score (nSPS) is 10.6. The van der Waals surface area contributed by atoms with E-state index in [9.17, 15) is 4.79 Å². The number of aryl methyl sites for hydroxylation is 1. The maximum atomic E-state index is 11.1. The molecule has 1 aromatic carbocycles. The maximum Gasteiger partial charge on any atom is 0.355 e. The van der Waals surface area contributed by atoms with E-state index < -0.39 is 5.97 Å². The zero-order valence-corrected chi connectivity index (χ0v) is 10.2. The van der Waals surface area contributed by atoms with Crippen LogP contribution in [0.2, 0.25) is 0 Å². The lowest BCUT2D eigenvalue weighted by Crippen LogP contribution is -2.06. The molecule has 0 amide bonds. The minimum atomic E-state index is -1.02. The molecule has 0 aliphatic heterocycles. The summed E-state index contributed by atoms with van der Waals surface area (Å²) in [6.07, 6.45) is 0.614. The van der Waals surface area contributed by atoms with Crippen LogP contribution in [-0.2, 0) is 6.42 Å². The molecule has 0 aliphatic carbocycles. The molecule has 0 aliphatic rings. The number of fused-ring (bicyclic) bond motifs is 1. The molecular formula is C11H9BrN2O2. The van der Waals surface area contributed by atoms with E-state index in [0.717, 1.165) is 4.47 Å². The average molecular weight is 281 g/mol. The van der Waals surface area contributed by atoms with Crippen molar-refractivity contribution < 1.29 is 9.90 Å². The summed E-state index contributed by atoms with van der Waals surface area (Å²) < 4.78 is 0.872. The Bertz CT molecular complexity index is 569. The van der Waals surface area contributed by atoms with Crippen molar-refractivity contribution in [2.24, 2.45) is 0 Å². The number of carboxylic acids is 1. The molecule has 0 fully saturated rings. The van der Waals surface area contributed by atoms with Crippen molar-refractivity contribution in [3.8, 4) is 0 Å². The first kappa shape index (κ1) is 11.0. The summed E-state index contributed by atoms with van der Waals surface area (Å²) in [5.41, 5.74) is 0.716. The van der Waals surface area contributed by atoms with Crippen LogP contribution in [0.15, 0.2) is 22.7 Å². The lowest BCUT2D eigenvalue weighted by molar-refractivity contribution is 0.0692. The zero-order chi connectivity index (χ0) is 11.7. The van der Waals surface area contributed by atoms with E-state index in [1.54, 1.807) is 18.2 Å². The third-order valence-electron chi connectivity index (χ3n) is 2.22. The smallest absolute Gasteiger partial charge is 0.355 e. The van der Waals surface area contributed by atoms with Crippen LogP contribution in [0, 0.1) is 0 Å². The second kappa shape index (κ2) is 4.17. The van der Waals surface area contributed by atoms with Gasteiger partial charge in [-0.1, -0.05) is 22.9 Å². The Balaban J connectivity index is 2.81. The van der Waals surface area contributed by atoms with Gasteiger partial charge < -0.3 is 5.11 Å².